The van der Waals surface area contributed by atoms with Crippen LogP contribution in [0.2, 0.25) is 0 Å². The molecule has 19 heavy (non-hydrogen) atoms. The minimum Gasteiger partial charge on any atom is -0.455 e. The smallest absolute Gasteiger partial charge is 0.150 e. The summed E-state index contributed by atoms with van der Waals surface area (Å²) < 4.78 is 5.97. The number of para-hydroxylation sites is 1. The van der Waals surface area contributed by atoms with Crippen LogP contribution < -0.4 is 10.1 Å². The van der Waals surface area contributed by atoms with Crippen molar-refractivity contribution in [2.45, 2.75) is 26.8 Å². The number of rotatable bonds is 6. The first-order valence-electron chi connectivity index (χ1n) is 6.68. The van der Waals surface area contributed by atoms with Crippen LogP contribution in [-0.4, -0.2) is 11.5 Å². The molecule has 3 heteroatoms. The topological polar surface area (TPSA) is 34.2 Å². The van der Waals surface area contributed by atoms with E-state index in [4.69, 9.17) is 4.74 Å². The lowest BCUT2D eigenvalue weighted by atomic mass is 10.2. The minimum absolute atomic E-state index is 0.803. The van der Waals surface area contributed by atoms with Crippen LogP contribution in [0.3, 0.4) is 0 Å². The van der Waals surface area contributed by atoms with Gasteiger partial charge in [0.1, 0.15) is 11.5 Å². The predicted octanol–water partition coefficient (Wildman–Crippen LogP) is 3.68. The van der Waals surface area contributed by atoms with E-state index in [-0.39, 0.29) is 0 Å². The van der Waals surface area contributed by atoms with E-state index < -0.39 is 0 Å². The summed E-state index contributed by atoms with van der Waals surface area (Å²) in [4.78, 5) is 4.15. The minimum atomic E-state index is 0.803. The van der Waals surface area contributed by atoms with E-state index >= 15 is 0 Å². The number of hydrogen-bond donors (Lipinski definition) is 1. The zero-order valence-electron chi connectivity index (χ0n) is 11.5. The Kier molecular flexibility index (Phi) is 4.93. The highest BCUT2D eigenvalue weighted by Crippen LogP contribution is 2.26. The quantitative estimate of drug-likeness (QED) is 0.800. The third kappa shape index (κ3) is 3.80. The van der Waals surface area contributed by atoms with E-state index in [1.165, 1.54) is 0 Å². The number of nitrogens with one attached hydrogen (secondary N) is 1. The molecule has 0 saturated carbocycles. The predicted molar refractivity (Wildman–Crippen MR) is 77.5 cm³/mol. The highest BCUT2D eigenvalue weighted by atomic mass is 16.5. The summed E-state index contributed by atoms with van der Waals surface area (Å²) in [5.41, 5.74) is 2.26. The molecule has 0 aliphatic heterocycles. The van der Waals surface area contributed by atoms with Gasteiger partial charge in [-0.2, -0.15) is 0 Å². The van der Waals surface area contributed by atoms with Gasteiger partial charge in [0.25, 0.3) is 0 Å². The lowest BCUT2D eigenvalue weighted by Crippen LogP contribution is -2.14. The Morgan fingerprint density at radius 3 is 2.79 bits per heavy atom. The summed E-state index contributed by atoms with van der Waals surface area (Å²) in [6.45, 7) is 6.01. The lowest BCUT2D eigenvalue weighted by Gasteiger charge is -2.12. The van der Waals surface area contributed by atoms with Crippen molar-refractivity contribution >= 4 is 0 Å². The van der Waals surface area contributed by atoms with Gasteiger partial charge in [0.05, 0.1) is 6.20 Å². The van der Waals surface area contributed by atoms with Crippen molar-refractivity contribution in [1.29, 1.82) is 0 Å². The molecule has 0 saturated heterocycles. The van der Waals surface area contributed by atoms with Crippen molar-refractivity contribution in [2.24, 2.45) is 0 Å². The lowest BCUT2D eigenvalue weighted by molar-refractivity contribution is 0.466. The maximum Gasteiger partial charge on any atom is 0.150 e. The molecule has 0 bridgehead atoms. The Balaban J connectivity index is 2.13. The fraction of sp³-hybridized carbons (Fsp3) is 0.312. The molecule has 0 amide bonds. The molecule has 0 aliphatic rings. The van der Waals surface area contributed by atoms with Gasteiger partial charge in [0.15, 0.2) is 0 Å². The van der Waals surface area contributed by atoms with Crippen LogP contribution in [0, 0.1) is 6.92 Å². The van der Waals surface area contributed by atoms with Crippen molar-refractivity contribution in [3.05, 3.63) is 53.9 Å². The number of ether oxygens (including phenoxy) is 1. The number of benzene rings is 1. The number of pyridine rings is 1. The molecule has 1 N–H and O–H groups in total. The molecule has 0 spiro atoms. The maximum atomic E-state index is 5.97. The van der Waals surface area contributed by atoms with Crippen LogP contribution in [0.25, 0.3) is 0 Å². The molecule has 0 unspecified atom stereocenters. The van der Waals surface area contributed by atoms with Gasteiger partial charge in [0, 0.05) is 18.3 Å². The second kappa shape index (κ2) is 6.90. The van der Waals surface area contributed by atoms with Gasteiger partial charge < -0.3 is 10.1 Å². The van der Waals surface area contributed by atoms with Gasteiger partial charge in [-0.15, -0.1) is 0 Å². The molecule has 1 aromatic heterocycles. The van der Waals surface area contributed by atoms with Gasteiger partial charge in [0.2, 0.25) is 0 Å². The molecular weight excluding hydrogens is 236 g/mol. The summed E-state index contributed by atoms with van der Waals surface area (Å²) in [6.07, 6.45) is 4.70. The van der Waals surface area contributed by atoms with E-state index in [0.29, 0.717) is 0 Å². The molecule has 100 valence electrons. The average Bonchev–Trinajstić information content (AvgIpc) is 2.43. The van der Waals surface area contributed by atoms with Crippen LogP contribution in [0.15, 0.2) is 42.7 Å². The second-order valence-corrected chi connectivity index (χ2v) is 4.53. The highest BCUT2D eigenvalue weighted by Gasteiger charge is 2.06. The molecule has 3 nitrogen and oxygen atoms in total. The fourth-order valence-electron chi connectivity index (χ4n) is 1.84. The summed E-state index contributed by atoms with van der Waals surface area (Å²) >= 11 is 0. The average molecular weight is 256 g/mol. The summed E-state index contributed by atoms with van der Waals surface area (Å²) in [7, 11) is 0. The zero-order valence-corrected chi connectivity index (χ0v) is 11.5. The third-order valence-corrected chi connectivity index (χ3v) is 2.93. The van der Waals surface area contributed by atoms with Gasteiger partial charge in [-0.3, -0.25) is 4.98 Å². The summed E-state index contributed by atoms with van der Waals surface area (Å²) in [5.74, 6) is 1.70. The van der Waals surface area contributed by atoms with Crippen molar-refractivity contribution in [2.75, 3.05) is 6.54 Å². The monoisotopic (exact) mass is 256 g/mol. The van der Waals surface area contributed by atoms with Crippen molar-refractivity contribution in [3.8, 4) is 11.5 Å². The van der Waals surface area contributed by atoms with E-state index in [9.17, 15) is 0 Å². The molecule has 0 fully saturated rings. The standard InChI is InChI=1S/C16H20N2O/c1-3-9-17-11-14-8-10-18-12-16(14)19-15-7-5-4-6-13(15)2/h4-8,10,12,17H,3,9,11H2,1-2H3. The summed E-state index contributed by atoms with van der Waals surface area (Å²) in [5, 5.41) is 3.38. The number of hydrogen-bond acceptors (Lipinski definition) is 3. The van der Waals surface area contributed by atoms with E-state index in [1.54, 1.807) is 12.4 Å². The Morgan fingerprint density at radius 2 is 2.00 bits per heavy atom. The van der Waals surface area contributed by atoms with Crippen LogP contribution in [-0.2, 0) is 6.54 Å². The molecule has 1 aromatic carbocycles. The molecule has 1 heterocycles. The van der Waals surface area contributed by atoms with Crippen molar-refractivity contribution in [3.63, 3.8) is 0 Å². The molecule has 2 rings (SSSR count). The van der Waals surface area contributed by atoms with Crippen molar-refractivity contribution in [1.82, 2.24) is 10.3 Å². The SMILES string of the molecule is CCCNCc1ccncc1Oc1ccccc1C. The van der Waals surface area contributed by atoms with Crippen LogP contribution in [0.1, 0.15) is 24.5 Å². The Labute approximate surface area is 114 Å². The second-order valence-electron chi connectivity index (χ2n) is 4.53. The molecule has 2 aromatic rings. The number of aryl methyl sites for hydroxylation is 1. The first-order valence-corrected chi connectivity index (χ1v) is 6.68. The number of nitrogens with zero attached hydrogens (tertiary/aromatic N) is 1. The van der Waals surface area contributed by atoms with Gasteiger partial charge in [-0.1, -0.05) is 25.1 Å². The largest absolute Gasteiger partial charge is 0.455 e. The normalized spacial score (nSPS) is 10.4. The van der Waals surface area contributed by atoms with Gasteiger partial charge in [-0.05, 0) is 37.6 Å². The highest BCUT2D eigenvalue weighted by molar-refractivity contribution is 5.39. The van der Waals surface area contributed by atoms with Gasteiger partial charge in [-0.25, -0.2) is 0 Å². The molecule has 0 aliphatic carbocycles. The molecule has 0 radical (unpaired) electrons. The first-order chi connectivity index (χ1) is 9.31. The Hall–Kier alpha value is -1.87. The summed E-state index contributed by atoms with van der Waals surface area (Å²) in [6, 6.07) is 10.0. The zero-order chi connectivity index (χ0) is 13.5. The first kappa shape index (κ1) is 13.6. The Bertz CT molecular complexity index is 526. The van der Waals surface area contributed by atoms with Crippen LogP contribution >= 0.6 is 0 Å². The number of aromatic nitrogens is 1. The Morgan fingerprint density at radius 1 is 1.16 bits per heavy atom. The van der Waals surface area contributed by atoms with Gasteiger partial charge >= 0.3 is 0 Å². The van der Waals surface area contributed by atoms with Crippen LogP contribution in [0.4, 0.5) is 0 Å². The van der Waals surface area contributed by atoms with E-state index in [2.05, 4.69) is 17.2 Å². The fourth-order valence-corrected chi connectivity index (χ4v) is 1.84. The van der Waals surface area contributed by atoms with E-state index in [0.717, 1.165) is 42.1 Å². The molecular formula is C16H20N2O. The van der Waals surface area contributed by atoms with Crippen molar-refractivity contribution < 1.29 is 4.74 Å². The van der Waals surface area contributed by atoms with E-state index in [1.807, 2.05) is 37.3 Å². The maximum absolute atomic E-state index is 5.97. The third-order valence-electron chi connectivity index (χ3n) is 2.93. The molecule has 0 atom stereocenters. The van der Waals surface area contributed by atoms with Crippen LogP contribution in [0.5, 0.6) is 11.5 Å².